The van der Waals surface area contributed by atoms with Crippen molar-refractivity contribution in [3.05, 3.63) is 24.3 Å². The molecule has 0 aromatic heterocycles. The standard InChI is InChI=1S/C5H6.3ClH.Ti/c1-2-4-5-3-1;;;;/h1-4H,5H2;3*1H;/q;;;;+3/p-3. The van der Waals surface area contributed by atoms with Gasteiger partial charge in [-0.1, -0.05) is 24.3 Å². The van der Waals surface area contributed by atoms with Crippen LogP contribution in [0, 0.1) is 0 Å². The van der Waals surface area contributed by atoms with Gasteiger partial charge in [0.15, 0.2) is 0 Å². The first-order chi connectivity index (χ1) is 4.23. The molecular formula is C5H6Cl3Ti. The molecule has 0 radical (unpaired) electrons. The molecule has 0 aromatic carbocycles. The first-order valence-electron chi connectivity index (χ1n) is 2.38. The molecule has 0 heterocycles. The van der Waals surface area contributed by atoms with Gasteiger partial charge < -0.3 is 0 Å². The van der Waals surface area contributed by atoms with E-state index in [1.54, 1.807) is 0 Å². The van der Waals surface area contributed by atoms with Crippen molar-refractivity contribution in [2.45, 2.75) is 6.42 Å². The maximum atomic E-state index is 4.97. The zero-order valence-electron chi connectivity index (χ0n) is 4.65. The molecule has 9 heavy (non-hydrogen) atoms. The Kier molecular flexibility index (Phi) is 8.02. The van der Waals surface area contributed by atoms with Crippen molar-refractivity contribution in [2.75, 3.05) is 0 Å². The topological polar surface area (TPSA) is 0 Å². The van der Waals surface area contributed by atoms with E-state index in [9.17, 15) is 0 Å². The Bertz CT molecular complexity index is 96.0. The second-order valence-electron chi connectivity index (χ2n) is 1.31. The minimum absolute atomic E-state index is 1.14. The Morgan fingerprint density at radius 1 is 1.00 bits per heavy atom. The van der Waals surface area contributed by atoms with Gasteiger partial charge in [0.2, 0.25) is 0 Å². The van der Waals surface area contributed by atoms with Crippen LogP contribution in [0.3, 0.4) is 0 Å². The summed E-state index contributed by atoms with van der Waals surface area (Å²) in [6.07, 6.45) is 9.50. The molecule has 4 heteroatoms. The third-order valence-corrected chi connectivity index (χ3v) is 0.655. The Morgan fingerprint density at radius 2 is 1.33 bits per heavy atom. The summed E-state index contributed by atoms with van der Waals surface area (Å²) in [5, 5.41) is 0. The molecule has 0 spiro atoms. The van der Waals surface area contributed by atoms with E-state index >= 15 is 0 Å². The van der Waals surface area contributed by atoms with E-state index in [2.05, 4.69) is 24.3 Å². The van der Waals surface area contributed by atoms with Crippen LogP contribution in [-0.2, 0) is 14.7 Å². The summed E-state index contributed by atoms with van der Waals surface area (Å²) < 4.78 is 0. The first kappa shape index (κ1) is 10.1. The Hall–Kier alpha value is 1.06. The summed E-state index contributed by atoms with van der Waals surface area (Å²) in [7, 11) is 14.9. The molecular weight excluding hydrogens is 214 g/mol. The molecule has 0 saturated carbocycles. The molecule has 0 aromatic rings. The van der Waals surface area contributed by atoms with E-state index in [1.165, 1.54) is 0 Å². The van der Waals surface area contributed by atoms with Gasteiger partial charge in [-0.2, -0.15) is 0 Å². The quantitative estimate of drug-likeness (QED) is 0.547. The zero-order chi connectivity index (χ0) is 7.11. The van der Waals surface area contributed by atoms with Crippen LogP contribution in [0.2, 0.25) is 0 Å². The van der Waals surface area contributed by atoms with E-state index in [1.807, 2.05) is 0 Å². The molecule has 0 N–H and O–H groups in total. The number of hydrogen-bond donors (Lipinski definition) is 0. The zero-order valence-corrected chi connectivity index (χ0v) is 8.48. The fourth-order valence-corrected chi connectivity index (χ4v) is 0.393. The second-order valence-corrected chi connectivity index (χ2v) is 9.04. The van der Waals surface area contributed by atoms with Crippen LogP contribution in [0.25, 0.3) is 0 Å². The van der Waals surface area contributed by atoms with Crippen molar-refractivity contribution < 1.29 is 14.7 Å². The van der Waals surface area contributed by atoms with Crippen molar-refractivity contribution in [3.8, 4) is 0 Å². The first-order valence-corrected chi connectivity index (χ1v) is 8.83. The van der Waals surface area contributed by atoms with Crippen molar-refractivity contribution in [1.82, 2.24) is 0 Å². The predicted molar refractivity (Wildman–Crippen MR) is 40.5 cm³/mol. The van der Waals surface area contributed by atoms with Gasteiger partial charge in [0.1, 0.15) is 0 Å². The van der Waals surface area contributed by atoms with Crippen molar-refractivity contribution >= 4 is 27.9 Å². The fraction of sp³-hybridized carbons (Fsp3) is 0.200. The minimum atomic E-state index is -1.92. The molecule has 0 nitrogen and oxygen atoms in total. The molecule has 1 aliphatic rings. The third kappa shape index (κ3) is 12.3. The van der Waals surface area contributed by atoms with Gasteiger partial charge >= 0.3 is 42.6 Å². The average molecular weight is 220 g/mol. The summed E-state index contributed by atoms with van der Waals surface area (Å²) in [5.74, 6) is 0. The van der Waals surface area contributed by atoms with Crippen molar-refractivity contribution in [2.24, 2.45) is 0 Å². The summed E-state index contributed by atoms with van der Waals surface area (Å²) >= 11 is -1.92. The van der Waals surface area contributed by atoms with Gasteiger partial charge in [0.05, 0.1) is 0 Å². The van der Waals surface area contributed by atoms with Gasteiger partial charge in [0.25, 0.3) is 0 Å². The second kappa shape index (κ2) is 7.17. The van der Waals surface area contributed by atoms with Crippen LogP contribution in [0.15, 0.2) is 24.3 Å². The van der Waals surface area contributed by atoms with Crippen LogP contribution >= 0.6 is 27.9 Å². The van der Waals surface area contributed by atoms with Gasteiger partial charge in [-0.15, -0.1) is 0 Å². The molecule has 1 aliphatic carbocycles. The van der Waals surface area contributed by atoms with Gasteiger partial charge in [-0.3, -0.25) is 0 Å². The molecule has 0 atom stereocenters. The van der Waals surface area contributed by atoms with Crippen molar-refractivity contribution in [3.63, 3.8) is 0 Å². The van der Waals surface area contributed by atoms with E-state index in [0.717, 1.165) is 6.42 Å². The average Bonchev–Trinajstić information content (AvgIpc) is 2.11. The summed E-state index contributed by atoms with van der Waals surface area (Å²) in [4.78, 5) is 0. The number of hydrogen-bond acceptors (Lipinski definition) is 0. The maximum absolute atomic E-state index is 4.97. The number of rotatable bonds is 0. The number of allylic oxidation sites excluding steroid dienone is 4. The van der Waals surface area contributed by atoms with E-state index < -0.39 is 14.7 Å². The Morgan fingerprint density at radius 3 is 1.44 bits per heavy atom. The summed E-state index contributed by atoms with van der Waals surface area (Å²) in [6.45, 7) is 0. The van der Waals surface area contributed by atoms with Gasteiger partial charge in [-0.05, 0) is 6.42 Å². The molecule has 51 valence electrons. The molecule has 0 unspecified atom stereocenters. The van der Waals surface area contributed by atoms with Crippen LogP contribution < -0.4 is 0 Å². The van der Waals surface area contributed by atoms with Crippen molar-refractivity contribution in [1.29, 1.82) is 0 Å². The van der Waals surface area contributed by atoms with Gasteiger partial charge in [0, 0.05) is 0 Å². The fourth-order valence-electron chi connectivity index (χ4n) is 0.393. The van der Waals surface area contributed by atoms with Crippen LogP contribution in [0.1, 0.15) is 6.42 Å². The van der Waals surface area contributed by atoms with Crippen LogP contribution in [0.5, 0.6) is 0 Å². The Labute approximate surface area is 72.9 Å². The van der Waals surface area contributed by atoms with E-state index in [-0.39, 0.29) is 0 Å². The molecule has 1 rings (SSSR count). The SMILES string of the molecule is C1=CCC=C1.[Cl][Ti]([Cl])[Cl]. The van der Waals surface area contributed by atoms with Crippen LogP contribution in [-0.4, -0.2) is 0 Å². The Balaban J connectivity index is 0.000000148. The summed E-state index contributed by atoms with van der Waals surface area (Å²) in [5.41, 5.74) is 0. The predicted octanol–water partition coefficient (Wildman–Crippen LogP) is 3.57. The van der Waals surface area contributed by atoms with Gasteiger partial charge in [-0.25, -0.2) is 0 Å². The number of halogens is 3. The van der Waals surface area contributed by atoms with E-state index in [4.69, 9.17) is 27.9 Å². The summed E-state index contributed by atoms with van der Waals surface area (Å²) in [6, 6.07) is 0. The third-order valence-electron chi connectivity index (χ3n) is 0.655. The monoisotopic (exact) mass is 219 g/mol. The molecule has 0 saturated heterocycles. The normalized spacial score (nSPS) is 12.8. The molecule has 0 bridgehead atoms. The molecule has 0 aliphatic heterocycles. The molecule has 0 amide bonds. The van der Waals surface area contributed by atoms with E-state index in [0.29, 0.717) is 0 Å². The molecule has 0 fully saturated rings. The van der Waals surface area contributed by atoms with Crippen LogP contribution in [0.4, 0.5) is 0 Å².